The zero-order valence-corrected chi connectivity index (χ0v) is 8.25. The molecule has 0 unspecified atom stereocenters. The standard InChI is InChI=1S/C10H18N2O/c1-9(7-11)3-2-4-10-8-12-5-6-13-10/h9-10,12H,2-6,8H2,1H3/t9-,10-/m1/s1. The van der Waals surface area contributed by atoms with Crippen molar-refractivity contribution in [2.24, 2.45) is 5.92 Å². The van der Waals surface area contributed by atoms with Gasteiger partial charge >= 0.3 is 0 Å². The lowest BCUT2D eigenvalue weighted by atomic mass is 10.0. The number of hydrogen-bond acceptors (Lipinski definition) is 3. The van der Waals surface area contributed by atoms with Crippen LogP contribution in [0, 0.1) is 17.2 Å². The van der Waals surface area contributed by atoms with Gasteiger partial charge in [0.2, 0.25) is 0 Å². The van der Waals surface area contributed by atoms with Gasteiger partial charge in [-0.25, -0.2) is 0 Å². The number of hydrogen-bond donors (Lipinski definition) is 1. The molecule has 74 valence electrons. The number of rotatable bonds is 4. The van der Waals surface area contributed by atoms with E-state index in [4.69, 9.17) is 10.00 Å². The Morgan fingerprint density at radius 3 is 3.15 bits per heavy atom. The molecule has 2 atom stereocenters. The third-order valence-electron chi connectivity index (χ3n) is 2.39. The first-order valence-corrected chi connectivity index (χ1v) is 5.05. The molecule has 1 aliphatic rings. The van der Waals surface area contributed by atoms with Crippen LogP contribution in [-0.4, -0.2) is 25.8 Å². The van der Waals surface area contributed by atoms with Crippen LogP contribution < -0.4 is 5.32 Å². The minimum Gasteiger partial charge on any atom is -0.376 e. The summed E-state index contributed by atoms with van der Waals surface area (Å²) in [6.07, 6.45) is 3.55. The Bertz CT molecular complexity index is 170. The van der Waals surface area contributed by atoms with E-state index >= 15 is 0 Å². The van der Waals surface area contributed by atoms with Gasteiger partial charge in [-0.3, -0.25) is 0 Å². The zero-order valence-electron chi connectivity index (χ0n) is 8.25. The summed E-state index contributed by atoms with van der Waals surface area (Å²) >= 11 is 0. The highest BCUT2D eigenvalue weighted by Crippen LogP contribution is 2.11. The molecule has 1 saturated heterocycles. The van der Waals surface area contributed by atoms with Crippen molar-refractivity contribution in [3.8, 4) is 6.07 Å². The molecule has 1 aliphatic heterocycles. The van der Waals surface area contributed by atoms with E-state index in [0.717, 1.165) is 39.0 Å². The summed E-state index contributed by atoms with van der Waals surface area (Å²) in [4.78, 5) is 0. The number of nitriles is 1. The molecular weight excluding hydrogens is 164 g/mol. The molecule has 0 spiro atoms. The molecule has 0 saturated carbocycles. The van der Waals surface area contributed by atoms with Crippen LogP contribution in [0.3, 0.4) is 0 Å². The van der Waals surface area contributed by atoms with E-state index in [-0.39, 0.29) is 5.92 Å². The van der Waals surface area contributed by atoms with Crippen molar-refractivity contribution >= 4 is 0 Å². The van der Waals surface area contributed by atoms with Gasteiger partial charge in [0.05, 0.1) is 18.8 Å². The van der Waals surface area contributed by atoms with Crippen LogP contribution in [0.4, 0.5) is 0 Å². The largest absolute Gasteiger partial charge is 0.376 e. The van der Waals surface area contributed by atoms with Crippen molar-refractivity contribution in [1.82, 2.24) is 5.32 Å². The fraction of sp³-hybridized carbons (Fsp3) is 0.900. The average Bonchev–Trinajstić information content (AvgIpc) is 2.19. The lowest BCUT2D eigenvalue weighted by Crippen LogP contribution is -2.38. The molecule has 3 heteroatoms. The highest BCUT2D eigenvalue weighted by atomic mass is 16.5. The van der Waals surface area contributed by atoms with E-state index in [2.05, 4.69) is 11.4 Å². The van der Waals surface area contributed by atoms with E-state index in [1.54, 1.807) is 0 Å². The van der Waals surface area contributed by atoms with Gasteiger partial charge in [0.15, 0.2) is 0 Å². The molecule has 0 amide bonds. The molecule has 0 radical (unpaired) electrons. The Morgan fingerprint density at radius 1 is 1.69 bits per heavy atom. The maximum atomic E-state index is 8.58. The van der Waals surface area contributed by atoms with Gasteiger partial charge in [-0.15, -0.1) is 0 Å². The number of nitrogens with zero attached hydrogens (tertiary/aromatic N) is 1. The topological polar surface area (TPSA) is 45.0 Å². The molecular formula is C10H18N2O. The van der Waals surface area contributed by atoms with Crippen LogP contribution in [0.2, 0.25) is 0 Å². The first kappa shape index (κ1) is 10.5. The zero-order chi connectivity index (χ0) is 9.52. The fourth-order valence-electron chi connectivity index (χ4n) is 1.52. The Morgan fingerprint density at radius 2 is 2.54 bits per heavy atom. The van der Waals surface area contributed by atoms with Crippen molar-refractivity contribution in [2.75, 3.05) is 19.7 Å². The van der Waals surface area contributed by atoms with Gasteiger partial charge < -0.3 is 10.1 Å². The first-order valence-electron chi connectivity index (χ1n) is 5.05. The predicted molar refractivity (Wildman–Crippen MR) is 51.2 cm³/mol. The number of morpholine rings is 1. The van der Waals surface area contributed by atoms with Gasteiger partial charge in [-0.2, -0.15) is 5.26 Å². The molecule has 1 heterocycles. The summed E-state index contributed by atoms with van der Waals surface area (Å²) in [5.74, 6) is 0.191. The second kappa shape index (κ2) is 5.95. The molecule has 13 heavy (non-hydrogen) atoms. The van der Waals surface area contributed by atoms with Crippen LogP contribution in [-0.2, 0) is 4.74 Å². The smallest absolute Gasteiger partial charge is 0.0700 e. The summed E-state index contributed by atoms with van der Waals surface area (Å²) in [5.41, 5.74) is 0. The molecule has 0 aromatic heterocycles. The second-order valence-electron chi connectivity index (χ2n) is 3.66. The van der Waals surface area contributed by atoms with Crippen LogP contribution in [0.15, 0.2) is 0 Å². The first-order chi connectivity index (χ1) is 6.33. The number of ether oxygens (including phenoxy) is 1. The summed E-state index contributed by atoms with van der Waals surface area (Å²) < 4.78 is 5.55. The summed E-state index contributed by atoms with van der Waals surface area (Å²) in [6.45, 7) is 4.75. The van der Waals surface area contributed by atoms with Gasteiger partial charge in [0, 0.05) is 19.0 Å². The van der Waals surface area contributed by atoms with Crippen molar-refractivity contribution < 1.29 is 4.74 Å². The normalized spacial score (nSPS) is 25.1. The van der Waals surface area contributed by atoms with Crippen molar-refractivity contribution in [2.45, 2.75) is 32.3 Å². The number of nitrogens with one attached hydrogen (secondary N) is 1. The maximum Gasteiger partial charge on any atom is 0.0700 e. The van der Waals surface area contributed by atoms with Gasteiger partial charge in [-0.1, -0.05) is 0 Å². The van der Waals surface area contributed by atoms with E-state index in [1.807, 2.05) is 6.92 Å². The van der Waals surface area contributed by atoms with Crippen molar-refractivity contribution in [1.29, 1.82) is 5.26 Å². The van der Waals surface area contributed by atoms with Crippen molar-refractivity contribution in [3.63, 3.8) is 0 Å². The van der Waals surface area contributed by atoms with Crippen LogP contribution >= 0.6 is 0 Å². The van der Waals surface area contributed by atoms with Crippen LogP contribution in [0.1, 0.15) is 26.2 Å². The molecule has 0 aromatic carbocycles. The Labute approximate surface area is 80.1 Å². The van der Waals surface area contributed by atoms with Crippen LogP contribution in [0.25, 0.3) is 0 Å². The summed E-state index contributed by atoms with van der Waals surface area (Å²) in [7, 11) is 0. The highest BCUT2D eigenvalue weighted by molar-refractivity contribution is 4.78. The molecule has 1 fully saturated rings. The van der Waals surface area contributed by atoms with Crippen LogP contribution in [0.5, 0.6) is 0 Å². The molecule has 1 rings (SSSR count). The van der Waals surface area contributed by atoms with E-state index in [0.29, 0.717) is 6.10 Å². The Hall–Kier alpha value is -0.590. The lowest BCUT2D eigenvalue weighted by molar-refractivity contribution is 0.0218. The SMILES string of the molecule is C[C@@H](C#N)CCC[C@@H]1CNCCO1. The summed E-state index contributed by atoms with van der Waals surface area (Å²) in [5, 5.41) is 11.9. The second-order valence-corrected chi connectivity index (χ2v) is 3.66. The summed E-state index contributed by atoms with van der Waals surface area (Å²) in [6, 6.07) is 2.25. The average molecular weight is 182 g/mol. The molecule has 0 bridgehead atoms. The highest BCUT2D eigenvalue weighted by Gasteiger charge is 2.12. The van der Waals surface area contributed by atoms with Crippen molar-refractivity contribution in [3.05, 3.63) is 0 Å². The monoisotopic (exact) mass is 182 g/mol. The Kier molecular flexibility index (Phi) is 4.81. The molecule has 0 aromatic rings. The molecule has 0 aliphatic carbocycles. The maximum absolute atomic E-state index is 8.58. The van der Waals surface area contributed by atoms with Gasteiger partial charge in [0.25, 0.3) is 0 Å². The van der Waals surface area contributed by atoms with E-state index in [1.165, 1.54) is 0 Å². The molecule has 1 N–H and O–H groups in total. The predicted octanol–water partition coefficient (Wildman–Crippen LogP) is 1.30. The van der Waals surface area contributed by atoms with E-state index in [9.17, 15) is 0 Å². The lowest BCUT2D eigenvalue weighted by Gasteiger charge is -2.23. The minimum absolute atomic E-state index is 0.191. The van der Waals surface area contributed by atoms with Gasteiger partial charge in [0.1, 0.15) is 0 Å². The fourth-order valence-corrected chi connectivity index (χ4v) is 1.52. The van der Waals surface area contributed by atoms with Gasteiger partial charge in [-0.05, 0) is 26.2 Å². The molecule has 3 nitrogen and oxygen atoms in total. The minimum atomic E-state index is 0.191. The quantitative estimate of drug-likeness (QED) is 0.713. The third-order valence-corrected chi connectivity index (χ3v) is 2.39. The Balaban J connectivity index is 2.02. The van der Waals surface area contributed by atoms with E-state index < -0.39 is 0 Å². The third kappa shape index (κ3) is 4.25.